The maximum absolute atomic E-state index is 10.0. The Morgan fingerprint density at radius 2 is 2.12 bits per heavy atom. The van der Waals surface area contributed by atoms with Crippen molar-refractivity contribution < 1.29 is 5.11 Å². The molecule has 16 heavy (non-hydrogen) atoms. The van der Waals surface area contributed by atoms with Crippen molar-refractivity contribution in [1.82, 2.24) is 9.55 Å². The number of nitrogens with zero attached hydrogens (tertiary/aromatic N) is 2. The van der Waals surface area contributed by atoms with Crippen LogP contribution in [0.3, 0.4) is 0 Å². The van der Waals surface area contributed by atoms with E-state index < -0.39 is 0 Å². The Kier molecular flexibility index (Phi) is 2.51. The molecule has 0 amide bonds. The summed E-state index contributed by atoms with van der Waals surface area (Å²) in [4.78, 5) is 4.64. The molecule has 0 aromatic carbocycles. The van der Waals surface area contributed by atoms with E-state index >= 15 is 0 Å². The second kappa shape index (κ2) is 3.88. The largest absolute Gasteiger partial charge is 0.391 e. The van der Waals surface area contributed by atoms with Gasteiger partial charge < -0.3 is 9.67 Å². The van der Waals surface area contributed by atoms with Crippen LogP contribution < -0.4 is 0 Å². The Morgan fingerprint density at radius 1 is 1.38 bits per heavy atom. The van der Waals surface area contributed by atoms with E-state index in [4.69, 9.17) is 0 Å². The van der Waals surface area contributed by atoms with Crippen LogP contribution in [0.25, 0.3) is 0 Å². The highest BCUT2D eigenvalue weighted by Crippen LogP contribution is 2.34. The molecule has 0 saturated heterocycles. The van der Waals surface area contributed by atoms with Gasteiger partial charge in [-0.2, -0.15) is 0 Å². The molecule has 1 unspecified atom stereocenters. The summed E-state index contributed by atoms with van der Waals surface area (Å²) >= 11 is 0. The summed E-state index contributed by atoms with van der Waals surface area (Å²) in [6, 6.07) is 0. The molecule has 3 heteroatoms. The minimum absolute atomic E-state index is 0.154. The summed E-state index contributed by atoms with van der Waals surface area (Å²) in [5, 5.41) is 10.0. The Labute approximate surface area is 96.5 Å². The standard InChI is InChI=1S/C13H20N2O/c1-9-14-11-4-2-3-5-12(11)15(9)8-13(16)10-6-7-10/h10,13,16H,2-8H2,1H3. The molecule has 0 aliphatic heterocycles. The molecule has 88 valence electrons. The van der Waals surface area contributed by atoms with Crippen molar-refractivity contribution in [2.75, 3.05) is 0 Å². The van der Waals surface area contributed by atoms with Crippen LogP contribution in [0.5, 0.6) is 0 Å². The lowest BCUT2D eigenvalue weighted by molar-refractivity contribution is 0.129. The molecule has 1 fully saturated rings. The number of imidazole rings is 1. The zero-order valence-corrected chi connectivity index (χ0v) is 9.95. The fourth-order valence-electron chi connectivity index (χ4n) is 2.80. The second-order valence-electron chi connectivity index (χ2n) is 5.27. The molecule has 0 bridgehead atoms. The van der Waals surface area contributed by atoms with Gasteiger partial charge in [-0.25, -0.2) is 4.98 Å². The SMILES string of the molecule is Cc1nc2c(n1CC(O)C1CC1)CCCC2. The zero-order chi connectivity index (χ0) is 11.1. The molecule has 0 radical (unpaired) electrons. The van der Waals surface area contributed by atoms with Crippen LogP contribution in [0.2, 0.25) is 0 Å². The molecule has 1 heterocycles. The Hall–Kier alpha value is -0.830. The first-order valence-corrected chi connectivity index (χ1v) is 6.48. The summed E-state index contributed by atoms with van der Waals surface area (Å²) < 4.78 is 2.26. The minimum atomic E-state index is -0.154. The van der Waals surface area contributed by atoms with Gasteiger partial charge >= 0.3 is 0 Å². The van der Waals surface area contributed by atoms with Gasteiger partial charge in [0.25, 0.3) is 0 Å². The van der Waals surface area contributed by atoms with Crippen molar-refractivity contribution in [2.45, 2.75) is 58.1 Å². The van der Waals surface area contributed by atoms with Crippen molar-refractivity contribution in [3.8, 4) is 0 Å². The van der Waals surface area contributed by atoms with E-state index in [1.807, 2.05) is 0 Å². The van der Waals surface area contributed by atoms with Crippen LogP contribution in [0.15, 0.2) is 0 Å². The molecular weight excluding hydrogens is 200 g/mol. The highest BCUT2D eigenvalue weighted by molar-refractivity contribution is 5.20. The van der Waals surface area contributed by atoms with Gasteiger partial charge in [-0.05, 0) is 51.4 Å². The highest BCUT2D eigenvalue weighted by atomic mass is 16.3. The van der Waals surface area contributed by atoms with E-state index in [0.717, 1.165) is 25.2 Å². The minimum Gasteiger partial charge on any atom is -0.391 e. The Morgan fingerprint density at radius 3 is 2.88 bits per heavy atom. The Bertz CT molecular complexity index is 393. The number of hydrogen-bond acceptors (Lipinski definition) is 2. The van der Waals surface area contributed by atoms with Crippen molar-refractivity contribution >= 4 is 0 Å². The van der Waals surface area contributed by atoms with Gasteiger partial charge in [-0.3, -0.25) is 0 Å². The fourth-order valence-corrected chi connectivity index (χ4v) is 2.80. The third kappa shape index (κ3) is 1.77. The van der Waals surface area contributed by atoms with Crippen LogP contribution in [0.1, 0.15) is 42.9 Å². The molecular formula is C13H20N2O. The monoisotopic (exact) mass is 220 g/mol. The Balaban J connectivity index is 1.84. The first-order chi connectivity index (χ1) is 7.75. The summed E-state index contributed by atoms with van der Waals surface area (Å²) in [5.74, 6) is 1.65. The number of aliphatic hydroxyl groups excluding tert-OH is 1. The quantitative estimate of drug-likeness (QED) is 0.844. The number of aliphatic hydroxyl groups is 1. The smallest absolute Gasteiger partial charge is 0.106 e. The van der Waals surface area contributed by atoms with E-state index in [0.29, 0.717) is 5.92 Å². The normalized spacial score (nSPS) is 21.9. The molecule has 1 aromatic rings. The predicted molar refractivity (Wildman–Crippen MR) is 62.3 cm³/mol. The molecule has 3 nitrogen and oxygen atoms in total. The number of fused-ring (bicyclic) bond motifs is 1. The first kappa shape index (κ1) is 10.3. The van der Waals surface area contributed by atoms with Gasteiger partial charge in [0.05, 0.1) is 18.3 Å². The van der Waals surface area contributed by atoms with Gasteiger partial charge in [0.1, 0.15) is 5.82 Å². The average Bonchev–Trinajstić information content (AvgIpc) is 3.06. The third-order valence-electron chi connectivity index (χ3n) is 3.96. The van der Waals surface area contributed by atoms with Crippen LogP contribution in [0.4, 0.5) is 0 Å². The van der Waals surface area contributed by atoms with Crippen LogP contribution in [-0.4, -0.2) is 20.8 Å². The van der Waals surface area contributed by atoms with Crippen molar-refractivity contribution in [3.05, 3.63) is 17.2 Å². The topological polar surface area (TPSA) is 38.0 Å². The van der Waals surface area contributed by atoms with Gasteiger partial charge in [-0.15, -0.1) is 0 Å². The molecule has 1 N–H and O–H groups in total. The molecule has 0 spiro atoms. The first-order valence-electron chi connectivity index (χ1n) is 6.48. The van der Waals surface area contributed by atoms with Gasteiger partial charge in [0, 0.05) is 5.69 Å². The maximum Gasteiger partial charge on any atom is 0.106 e. The maximum atomic E-state index is 10.0. The van der Waals surface area contributed by atoms with Crippen LogP contribution in [-0.2, 0) is 19.4 Å². The van der Waals surface area contributed by atoms with E-state index in [9.17, 15) is 5.11 Å². The van der Waals surface area contributed by atoms with Crippen LogP contribution in [0, 0.1) is 12.8 Å². The summed E-state index contributed by atoms with van der Waals surface area (Å²) in [6.07, 6.45) is 7.08. The number of aryl methyl sites for hydroxylation is 2. The van der Waals surface area contributed by atoms with E-state index in [1.54, 1.807) is 0 Å². The number of hydrogen-bond donors (Lipinski definition) is 1. The second-order valence-corrected chi connectivity index (χ2v) is 5.27. The highest BCUT2D eigenvalue weighted by Gasteiger charge is 2.31. The van der Waals surface area contributed by atoms with E-state index in [2.05, 4.69) is 16.5 Å². The third-order valence-corrected chi connectivity index (χ3v) is 3.96. The lowest BCUT2D eigenvalue weighted by atomic mass is 10.0. The molecule has 2 aliphatic carbocycles. The van der Waals surface area contributed by atoms with E-state index in [-0.39, 0.29) is 6.10 Å². The van der Waals surface area contributed by atoms with E-state index in [1.165, 1.54) is 37.1 Å². The molecule has 2 aliphatic rings. The van der Waals surface area contributed by atoms with Crippen molar-refractivity contribution in [3.63, 3.8) is 0 Å². The average molecular weight is 220 g/mol. The van der Waals surface area contributed by atoms with Crippen molar-refractivity contribution in [1.29, 1.82) is 0 Å². The molecule has 1 atom stereocenters. The summed E-state index contributed by atoms with van der Waals surface area (Å²) in [6.45, 7) is 2.83. The lowest BCUT2D eigenvalue weighted by Crippen LogP contribution is -2.21. The molecule has 1 aromatic heterocycles. The number of aromatic nitrogens is 2. The lowest BCUT2D eigenvalue weighted by Gasteiger charge is -2.17. The molecule has 1 saturated carbocycles. The fraction of sp³-hybridized carbons (Fsp3) is 0.769. The summed E-state index contributed by atoms with van der Waals surface area (Å²) in [5.41, 5.74) is 2.68. The van der Waals surface area contributed by atoms with Crippen LogP contribution >= 0.6 is 0 Å². The van der Waals surface area contributed by atoms with Gasteiger partial charge in [-0.1, -0.05) is 0 Å². The number of rotatable bonds is 3. The zero-order valence-electron chi connectivity index (χ0n) is 9.95. The predicted octanol–water partition coefficient (Wildman–Crippen LogP) is 1.84. The van der Waals surface area contributed by atoms with Gasteiger partial charge in [0.15, 0.2) is 0 Å². The molecule has 3 rings (SSSR count). The van der Waals surface area contributed by atoms with Gasteiger partial charge in [0.2, 0.25) is 0 Å². The summed E-state index contributed by atoms with van der Waals surface area (Å²) in [7, 11) is 0. The van der Waals surface area contributed by atoms with Crippen molar-refractivity contribution in [2.24, 2.45) is 5.92 Å².